The van der Waals surface area contributed by atoms with Crippen molar-refractivity contribution in [2.75, 3.05) is 19.6 Å². The molecule has 110 valence electrons. The maximum absolute atomic E-state index is 13.4. The Morgan fingerprint density at radius 2 is 2.10 bits per heavy atom. The molecule has 0 aliphatic carbocycles. The minimum Gasteiger partial charge on any atom is -0.313 e. The third-order valence-corrected chi connectivity index (χ3v) is 4.57. The van der Waals surface area contributed by atoms with Gasteiger partial charge in [-0.15, -0.1) is 0 Å². The Bertz CT molecular complexity index is 615. The summed E-state index contributed by atoms with van der Waals surface area (Å²) in [6.45, 7) is 1.87. The average molecular weight is 302 g/mol. The van der Waals surface area contributed by atoms with E-state index >= 15 is 0 Å². The number of benzene rings is 1. The molecule has 1 aliphatic heterocycles. The monoisotopic (exact) mass is 302 g/mol. The van der Waals surface area contributed by atoms with Gasteiger partial charge in [-0.1, -0.05) is 11.6 Å². The highest BCUT2D eigenvalue weighted by Crippen LogP contribution is 2.16. The fraction of sp³-hybridized carbons (Fsp3) is 0.385. The highest BCUT2D eigenvalue weighted by atomic mass is 32.2. The van der Waals surface area contributed by atoms with Gasteiger partial charge in [0.25, 0.3) is 0 Å². The van der Waals surface area contributed by atoms with Crippen LogP contribution in [0, 0.1) is 11.6 Å². The van der Waals surface area contributed by atoms with Crippen molar-refractivity contribution in [2.24, 2.45) is 0 Å². The van der Waals surface area contributed by atoms with Crippen LogP contribution in [-0.2, 0) is 10.0 Å². The van der Waals surface area contributed by atoms with E-state index in [0.717, 1.165) is 31.6 Å². The first-order valence-corrected chi connectivity index (χ1v) is 7.81. The molecule has 1 aromatic carbocycles. The van der Waals surface area contributed by atoms with Crippen LogP contribution in [0.5, 0.6) is 0 Å². The minimum atomic E-state index is -3.94. The highest BCUT2D eigenvalue weighted by molar-refractivity contribution is 7.89. The second-order valence-electron chi connectivity index (χ2n) is 4.54. The normalized spacial score (nSPS) is 16.0. The molecular weight excluding hydrogens is 286 g/mol. The lowest BCUT2D eigenvalue weighted by Gasteiger charge is -2.14. The van der Waals surface area contributed by atoms with Crippen molar-refractivity contribution < 1.29 is 17.2 Å². The van der Waals surface area contributed by atoms with Crippen molar-refractivity contribution in [3.63, 3.8) is 0 Å². The molecule has 0 bridgehead atoms. The summed E-state index contributed by atoms with van der Waals surface area (Å²) in [7, 11) is -3.94. The summed E-state index contributed by atoms with van der Waals surface area (Å²) in [5.41, 5.74) is 1.17. The quantitative estimate of drug-likeness (QED) is 0.812. The molecule has 20 heavy (non-hydrogen) atoms. The molecule has 2 rings (SSSR count). The van der Waals surface area contributed by atoms with Crippen LogP contribution in [0.25, 0.3) is 0 Å². The first-order valence-electron chi connectivity index (χ1n) is 6.32. The Labute approximate surface area is 116 Å². The van der Waals surface area contributed by atoms with Crippen LogP contribution >= 0.6 is 0 Å². The summed E-state index contributed by atoms with van der Waals surface area (Å²) in [6, 6.07) is 2.41. The van der Waals surface area contributed by atoms with E-state index in [4.69, 9.17) is 0 Å². The van der Waals surface area contributed by atoms with Gasteiger partial charge in [0.1, 0.15) is 16.5 Å². The van der Waals surface area contributed by atoms with E-state index in [1.165, 1.54) is 5.57 Å². The van der Waals surface area contributed by atoms with E-state index in [0.29, 0.717) is 12.5 Å². The van der Waals surface area contributed by atoms with Gasteiger partial charge in [-0.25, -0.2) is 21.9 Å². The van der Waals surface area contributed by atoms with Gasteiger partial charge in [0.2, 0.25) is 10.0 Å². The van der Waals surface area contributed by atoms with Crippen LogP contribution in [-0.4, -0.2) is 28.1 Å². The van der Waals surface area contributed by atoms with Gasteiger partial charge >= 0.3 is 0 Å². The Hall–Kier alpha value is -1.31. The zero-order valence-electron chi connectivity index (χ0n) is 10.8. The molecule has 1 aliphatic rings. The SMILES string of the molecule is O=S(=O)(NCCC1=CCNCC1)c1ccc(F)cc1F. The second-order valence-corrected chi connectivity index (χ2v) is 6.27. The predicted octanol–water partition coefficient (Wildman–Crippen LogP) is 1.55. The molecule has 0 fully saturated rings. The maximum atomic E-state index is 13.4. The molecule has 0 aromatic heterocycles. The van der Waals surface area contributed by atoms with E-state index < -0.39 is 26.6 Å². The lowest BCUT2D eigenvalue weighted by Crippen LogP contribution is -2.27. The Kier molecular flexibility index (Phi) is 4.85. The van der Waals surface area contributed by atoms with E-state index in [2.05, 4.69) is 10.0 Å². The molecule has 1 heterocycles. The van der Waals surface area contributed by atoms with Crippen LogP contribution in [0.15, 0.2) is 34.7 Å². The molecule has 1 aromatic rings. The van der Waals surface area contributed by atoms with Gasteiger partial charge in [0.05, 0.1) is 0 Å². The van der Waals surface area contributed by atoms with Crippen LogP contribution in [0.3, 0.4) is 0 Å². The molecule has 2 N–H and O–H groups in total. The molecule has 0 unspecified atom stereocenters. The zero-order valence-corrected chi connectivity index (χ0v) is 11.6. The van der Waals surface area contributed by atoms with Crippen LogP contribution in [0.1, 0.15) is 12.8 Å². The van der Waals surface area contributed by atoms with E-state index in [1.807, 2.05) is 6.08 Å². The fourth-order valence-corrected chi connectivity index (χ4v) is 3.10. The lowest BCUT2D eigenvalue weighted by molar-refractivity contribution is 0.543. The van der Waals surface area contributed by atoms with Crippen molar-refractivity contribution in [2.45, 2.75) is 17.7 Å². The number of rotatable bonds is 5. The standard InChI is InChI=1S/C13H16F2N2O2S/c14-11-1-2-13(12(15)9-11)20(18,19)17-8-5-10-3-6-16-7-4-10/h1-3,9,16-17H,4-8H2. The number of sulfonamides is 1. The first kappa shape index (κ1) is 15.1. The first-order chi connectivity index (χ1) is 9.49. The predicted molar refractivity (Wildman–Crippen MR) is 71.7 cm³/mol. The van der Waals surface area contributed by atoms with Crippen molar-refractivity contribution in [3.05, 3.63) is 41.5 Å². The second kappa shape index (κ2) is 6.43. The van der Waals surface area contributed by atoms with E-state index in [1.54, 1.807) is 0 Å². The molecule has 0 radical (unpaired) electrons. The summed E-state index contributed by atoms with van der Waals surface area (Å²) in [5.74, 6) is -1.89. The topological polar surface area (TPSA) is 58.2 Å². The highest BCUT2D eigenvalue weighted by Gasteiger charge is 2.19. The summed E-state index contributed by atoms with van der Waals surface area (Å²) in [6.07, 6.45) is 3.49. The van der Waals surface area contributed by atoms with E-state index in [-0.39, 0.29) is 6.54 Å². The molecular formula is C13H16F2N2O2S. The van der Waals surface area contributed by atoms with Crippen LogP contribution in [0.2, 0.25) is 0 Å². The molecule has 0 spiro atoms. The van der Waals surface area contributed by atoms with Crippen molar-refractivity contribution in [1.29, 1.82) is 0 Å². The van der Waals surface area contributed by atoms with Crippen LogP contribution < -0.4 is 10.0 Å². The molecule has 4 nitrogen and oxygen atoms in total. The number of nitrogens with one attached hydrogen (secondary N) is 2. The third kappa shape index (κ3) is 3.84. The van der Waals surface area contributed by atoms with Gasteiger partial charge < -0.3 is 5.32 Å². The maximum Gasteiger partial charge on any atom is 0.243 e. The summed E-state index contributed by atoms with van der Waals surface area (Å²) in [4.78, 5) is -0.529. The Balaban J connectivity index is 1.98. The van der Waals surface area contributed by atoms with Gasteiger partial charge in [0.15, 0.2) is 0 Å². The van der Waals surface area contributed by atoms with Crippen molar-refractivity contribution in [1.82, 2.24) is 10.0 Å². The molecule has 0 saturated heterocycles. The average Bonchev–Trinajstić information content (AvgIpc) is 2.39. The third-order valence-electron chi connectivity index (χ3n) is 3.08. The van der Waals surface area contributed by atoms with Gasteiger partial charge in [-0.2, -0.15) is 0 Å². The minimum absolute atomic E-state index is 0.199. The fourth-order valence-electron chi connectivity index (χ4n) is 2.01. The van der Waals surface area contributed by atoms with Crippen molar-refractivity contribution >= 4 is 10.0 Å². The Morgan fingerprint density at radius 1 is 1.30 bits per heavy atom. The lowest BCUT2D eigenvalue weighted by atomic mass is 10.1. The van der Waals surface area contributed by atoms with Gasteiger partial charge in [-0.3, -0.25) is 0 Å². The smallest absolute Gasteiger partial charge is 0.243 e. The van der Waals surface area contributed by atoms with Crippen molar-refractivity contribution in [3.8, 4) is 0 Å². The summed E-state index contributed by atoms with van der Waals surface area (Å²) in [5, 5.41) is 3.16. The Morgan fingerprint density at radius 3 is 2.75 bits per heavy atom. The molecule has 0 amide bonds. The van der Waals surface area contributed by atoms with Gasteiger partial charge in [0, 0.05) is 19.2 Å². The molecule has 7 heteroatoms. The molecule has 0 atom stereocenters. The largest absolute Gasteiger partial charge is 0.313 e. The number of halogens is 2. The summed E-state index contributed by atoms with van der Waals surface area (Å²) < 4.78 is 52.3. The number of hydrogen-bond acceptors (Lipinski definition) is 3. The van der Waals surface area contributed by atoms with Gasteiger partial charge in [-0.05, 0) is 31.5 Å². The van der Waals surface area contributed by atoms with Crippen LogP contribution in [0.4, 0.5) is 8.78 Å². The molecule has 0 saturated carbocycles. The number of hydrogen-bond donors (Lipinski definition) is 2. The zero-order chi connectivity index (χ0) is 14.6. The summed E-state index contributed by atoms with van der Waals surface area (Å²) >= 11 is 0. The van der Waals surface area contributed by atoms with E-state index in [9.17, 15) is 17.2 Å².